The third-order valence-corrected chi connectivity index (χ3v) is 2.80. The largest absolute Gasteiger partial charge is 0.489 e. The summed E-state index contributed by atoms with van der Waals surface area (Å²) in [7, 11) is 0. The Labute approximate surface area is 105 Å². The number of aliphatic carboxylic acids is 1. The number of carboxylic acid groups (broad SMARTS) is 1. The van der Waals surface area contributed by atoms with Crippen molar-refractivity contribution in [2.75, 3.05) is 0 Å². The molecule has 0 bridgehead atoms. The maximum atomic E-state index is 10.4. The van der Waals surface area contributed by atoms with Crippen LogP contribution in [0.4, 0.5) is 0 Å². The van der Waals surface area contributed by atoms with E-state index in [1.54, 1.807) is 13.0 Å². The Hall–Kier alpha value is -0.550. The molecule has 0 unspecified atom stereocenters. The summed E-state index contributed by atoms with van der Waals surface area (Å²) >= 11 is 6.66. The fraction of sp³-hybridized carbons (Fsp3) is 0.300. The van der Waals surface area contributed by atoms with E-state index in [4.69, 9.17) is 9.84 Å². The van der Waals surface area contributed by atoms with Crippen LogP contribution in [0.1, 0.15) is 13.3 Å². The highest BCUT2D eigenvalue weighted by Crippen LogP contribution is 2.29. The van der Waals surface area contributed by atoms with E-state index in [0.717, 1.165) is 8.95 Å². The van der Waals surface area contributed by atoms with Gasteiger partial charge in [-0.3, -0.25) is 4.79 Å². The molecule has 0 amide bonds. The van der Waals surface area contributed by atoms with Gasteiger partial charge in [-0.2, -0.15) is 0 Å². The first-order chi connectivity index (χ1) is 6.99. The van der Waals surface area contributed by atoms with Crippen molar-refractivity contribution >= 4 is 37.8 Å². The smallest absolute Gasteiger partial charge is 0.307 e. The summed E-state index contributed by atoms with van der Waals surface area (Å²) in [4.78, 5) is 10.4. The van der Waals surface area contributed by atoms with Crippen molar-refractivity contribution in [1.29, 1.82) is 0 Å². The van der Waals surface area contributed by atoms with Gasteiger partial charge in [-0.25, -0.2) is 0 Å². The molecule has 0 spiro atoms. The van der Waals surface area contributed by atoms with Crippen LogP contribution in [0, 0.1) is 0 Å². The van der Waals surface area contributed by atoms with Gasteiger partial charge in [0.25, 0.3) is 0 Å². The Morgan fingerprint density at radius 2 is 2.20 bits per heavy atom. The second kappa shape index (κ2) is 5.51. The highest BCUT2D eigenvalue weighted by molar-refractivity contribution is 9.11. The minimum absolute atomic E-state index is 0.0114. The zero-order valence-electron chi connectivity index (χ0n) is 8.04. The lowest BCUT2D eigenvalue weighted by Gasteiger charge is -2.13. The molecule has 1 aromatic rings. The van der Waals surface area contributed by atoms with E-state index in [1.807, 2.05) is 12.1 Å². The number of carboxylic acids is 1. The molecular weight excluding hydrogens is 328 g/mol. The standard InChI is InChI=1S/C10H10Br2O3/c1-6(4-10(13)14)15-9-3-2-7(11)5-8(9)12/h2-3,5-6H,4H2,1H3,(H,13,14)/t6-/m1/s1. The lowest BCUT2D eigenvalue weighted by molar-refractivity contribution is -0.138. The number of hydrogen-bond acceptors (Lipinski definition) is 2. The molecule has 0 aromatic heterocycles. The zero-order chi connectivity index (χ0) is 11.4. The SMILES string of the molecule is C[C@H](CC(=O)O)Oc1ccc(Br)cc1Br. The fourth-order valence-electron chi connectivity index (χ4n) is 1.08. The first kappa shape index (κ1) is 12.5. The molecule has 82 valence electrons. The van der Waals surface area contributed by atoms with Gasteiger partial charge in [-0.1, -0.05) is 15.9 Å². The molecule has 0 saturated heterocycles. The van der Waals surface area contributed by atoms with Crippen LogP contribution >= 0.6 is 31.9 Å². The van der Waals surface area contributed by atoms with Crippen molar-refractivity contribution in [3.05, 3.63) is 27.1 Å². The lowest BCUT2D eigenvalue weighted by Crippen LogP contribution is -2.16. The van der Waals surface area contributed by atoms with Crippen LogP contribution in [0.25, 0.3) is 0 Å². The van der Waals surface area contributed by atoms with Crippen LogP contribution < -0.4 is 4.74 Å². The average molecular weight is 338 g/mol. The summed E-state index contributed by atoms with van der Waals surface area (Å²) in [6.45, 7) is 1.72. The molecule has 0 saturated carbocycles. The molecule has 3 nitrogen and oxygen atoms in total. The molecule has 1 aromatic carbocycles. The monoisotopic (exact) mass is 336 g/mol. The quantitative estimate of drug-likeness (QED) is 0.915. The second-order valence-electron chi connectivity index (χ2n) is 3.10. The second-order valence-corrected chi connectivity index (χ2v) is 4.87. The summed E-state index contributed by atoms with van der Waals surface area (Å²) in [5.74, 6) is -0.220. The molecule has 1 N–H and O–H groups in total. The highest BCUT2D eigenvalue weighted by atomic mass is 79.9. The Morgan fingerprint density at radius 1 is 1.53 bits per heavy atom. The predicted octanol–water partition coefficient (Wildman–Crippen LogP) is 3.45. The van der Waals surface area contributed by atoms with E-state index in [2.05, 4.69) is 31.9 Å². The van der Waals surface area contributed by atoms with E-state index in [1.165, 1.54) is 0 Å². The van der Waals surface area contributed by atoms with Crippen molar-refractivity contribution in [3.8, 4) is 5.75 Å². The lowest BCUT2D eigenvalue weighted by atomic mass is 10.3. The van der Waals surface area contributed by atoms with Crippen molar-refractivity contribution < 1.29 is 14.6 Å². The molecule has 15 heavy (non-hydrogen) atoms. The van der Waals surface area contributed by atoms with E-state index >= 15 is 0 Å². The topological polar surface area (TPSA) is 46.5 Å². The van der Waals surface area contributed by atoms with Crippen molar-refractivity contribution in [1.82, 2.24) is 0 Å². The van der Waals surface area contributed by atoms with Crippen LogP contribution in [-0.4, -0.2) is 17.2 Å². The number of ether oxygens (including phenoxy) is 1. The maximum Gasteiger partial charge on any atom is 0.307 e. The Kier molecular flexibility index (Phi) is 4.60. The molecule has 1 atom stereocenters. The first-order valence-electron chi connectivity index (χ1n) is 4.32. The molecule has 0 heterocycles. The van der Waals surface area contributed by atoms with Gasteiger partial charge in [0.15, 0.2) is 0 Å². The normalized spacial score (nSPS) is 12.2. The predicted molar refractivity (Wildman–Crippen MR) is 64.2 cm³/mol. The minimum Gasteiger partial charge on any atom is -0.489 e. The van der Waals surface area contributed by atoms with Crippen LogP contribution in [0.2, 0.25) is 0 Å². The summed E-state index contributed by atoms with van der Waals surface area (Å²) in [5, 5.41) is 8.58. The number of rotatable bonds is 4. The summed E-state index contributed by atoms with van der Waals surface area (Å²) in [5.41, 5.74) is 0. The fourth-order valence-corrected chi connectivity index (χ4v) is 2.22. The van der Waals surface area contributed by atoms with Gasteiger partial charge in [-0.15, -0.1) is 0 Å². The summed E-state index contributed by atoms with van der Waals surface area (Å²) < 4.78 is 7.20. The van der Waals surface area contributed by atoms with Crippen LogP contribution in [-0.2, 0) is 4.79 Å². The molecule has 5 heteroatoms. The van der Waals surface area contributed by atoms with Gasteiger partial charge in [0.2, 0.25) is 0 Å². The zero-order valence-corrected chi connectivity index (χ0v) is 11.2. The number of carbonyl (C=O) groups is 1. The van der Waals surface area contributed by atoms with Crippen molar-refractivity contribution in [2.24, 2.45) is 0 Å². The molecule has 0 fully saturated rings. The summed E-state index contributed by atoms with van der Waals surface area (Å²) in [6, 6.07) is 5.48. The average Bonchev–Trinajstić information content (AvgIpc) is 2.08. The Balaban J connectivity index is 2.68. The van der Waals surface area contributed by atoms with E-state index in [0.29, 0.717) is 5.75 Å². The van der Waals surface area contributed by atoms with Gasteiger partial charge >= 0.3 is 5.97 Å². The van der Waals surface area contributed by atoms with Gasteiger partial charge in [0.05, 0.1) is 10.9 Å². The first-order valence-corrected chi connectivity index (χ1v) is 5.91. The van der Waals surface area contributed by atoms with Crippen LogP contribution in [0.15, 0.2) is 27.1 Å². The van der Waals surface area contributed by atoms with Gasteiger partial charge in [-0.05, 0) is 41.1 Å². The molecule has 0 aliphatic heterocycles. The number of hydrogen-bond donors (Lipinski definition) is 1. The van der Waals surface area contributed by atoms with Crippen LogP contribution in [0.5, 0.6) is 5.75 Å². The molecule has 0 aliphatic rings. The van der Waals surface area contributed by atoms with Crippen molar-refractivity contribution in [3.63, 3.8) is 0 Å². The molecule has 0 aliphatic carbocycles. The number of benzene rings is 1. The number of halogens is 2. The maximum absolute atomic E-state index is 10.4. The molecular formula is C10H10Br2O3. The Morgan fingerprint density at radius 3 is 2.73 bits per heavy atom. The van der Waals surface area contributed by atoms with Crippen molar-refractivity contribution in [2.45, 2.75) is 19.4 Å². The third kappa shape index (κ3) is 4.22. The summed E-state index contributed by atoms with van der Waals surface area (Å²) in [6.07, 6.45) is -0.359. The van der Waals surface area contributed by atoms with E-state index < -0.39 is 5.97 Å². The minimum atomic E-state index is -0.865. The third-order valence-electron chi connectivity index (χ3n) is 1.68. The highest BCUT2D eigenvalue weighted by Gasteiger charge is 2.10. The van der Waals surface area contributed by atoms with Crippen LogP contribution in [0.3, 0.4) is 0 Å². The van der Waals surface area contributed by atoms with Gasteiger partial charge in [0.1, 0.15) is 11.9 Å². The van der Waals surface area contributed by atoms with E-state index in [9.17, 15) is 4.79 Å². The Bertz CT molecular complexity index is 366. The van der Waals surface area contributed by atoms with E-state index in [-0.39, 0.29) is 12.5 Å². The molecule has 0 radical (unpaired) electrons. The van der Waals surface area contributed by atoms with Gasteiger partial charge < -0.3 is 9.84 Å². The van der Waals surface area contributed by atoms with Gasteiger partial charge in [0, 0.05) is 4.47 Å². The molecule has 1 rings (SSSR count).